The number of carbonyl (C=O) groups is 1. The molecule has 1 amide bonds. The number of aromatic nitrogens is 1. The number of amides is 1. The average molecular weight is 433 g/mol. The number of nitrogens with zero attached hydrogens (tertiary/aromatic N) is 1. The number of pyridine rings is 1. The lowest BCUT2D eigenvalue weighted by atomic mass is 9.45. The van der Waals surface area contributed by atoms with Crippen LogP contribution in [0.2, 0.25) is 0 Å². The van der Waals surface area contributed by atoms with Gasteiger partial charge in [-0.25, -0.2) is 0 Å². The molecule has 2 heterocycles. The molecule has 172 valence electrons. The molecular formula is C29H40N2O. The molecule has 1 N–H and O–H groups in total. The normalized spacial score (nSPS) is 45.6. The quantitative estimate of drug-likeness (QED) is 0.611. The molecule has 9 atom stereocenters. The zero-order chi connectivity index (χ0) is 22.7. The van der Waals surface area contributed by atoms with Crippen molar-refractivity contribution in [2.45, 2.75) is 72.8 Å². The van der Waals surface area contributed by atoms with Crippen molar-refractivity contribution in [3.8, 4) is 0 Å². The first-order valence-corrected chi connectivity index (χ1v) is 12.9. The monoisotopic (exact) mass is 432 g/mol. The van der Waals surface area contributed by atoms with Crippen molar-refractivity contribution < 1.29 is 4.79 Å². The maximum atomic E-state index is 12.1. The summed E-state index contributed by atoms with van der Waals surface area (Å²) in [4.78, 5) is 16.7. The molecule has 0 bridgehead atoms. The Hall–Kier alpha value is -1.90. The summed E-state index contributed by atoms with van der Waals surface area (Å²) >= 11 is 0. The summed E-state index contributed by atoms with van der Waals surface area (Å²) in [6, 6.07) is 6.53. The number of rotatable bonds is 3. The fourth-order valence-electron chi connectivity index (χ4n) is 8.90. The van der Waals surface area contributed by atoms with Crippen LogP contribution in [0, 0.1) is 46.3 Å². The van der Waals surface area contributed by atoms with Gasteiger partial charge in [0.1, 0.15) is 0 Å². The van der Waals surface area contributed by atoms with Gasteiger partial charge in [0.15, 0.2) is 0 Å². The van der Waals surface area contributed by atoms with E-state index < -0.39 is 0 Å². The van der Waals surface area contributed by atoms with Crippen molar-refractivity contribution in [3.05, 3.63) is 47.8 Å². The van der Waals surface area contributed by atoms with Gasteiger partial charge in [-0.05, 0) is 97.3 Å². The van der Waals surface area contributed by atoms with Crippen molar-refractivity contribution in [2.75, 3.05) is 0 Å². The lowest BCUT2D eigenvalue weighted by Gasteiger charge is -2.61. The van der Waals surface area contributed by atoms with Gasteiger partial charge in [-0.15, -0.1) is 0 Å². The van der Waals surface area contributed by atoms with Crippen LogP contribution in [0.5, 0.6) is 0 Å². The molecule has 0 saturated heterocycles. The Morgan fingerprint density at radius 1 is 1.19 bits per heavy atom. The van der Waals surface area contributed by atoms with Crippen LogP contribution in [0.25, 0.3) is 6.08 Å². The Morgan fingerprint density at radius 2 is 2.00 bits per heavy atom. The van der Waals surface area contributed by atoms with E-state index in [0.717, 1.165) is 30.4 Å². The molecule has 32 heavy (non-hydrogen) atoms. The van der Waals surface area contributed by atoms with Crippen LogP contribution in [0.4, 0.5) is 0 Å². The number of hydrogen-bond donors (Lipinski definition) is 1. The summed E-state index contributed by atoms with van der Waals surface area (Å²) < 4.78 is 0. The fraction of sp³-hybridized carbons (Fsp3) is 0.655. The van der Waals surface area contributed by atoms with E-state index in [9.17, 15) is 4.79 Å². The lowest BCUT2D eigenvalue weighted by Crippen LogP contribution is -2.61. The topological polar surface area (TPSA) is 42.0 Å². The average Bonchev–Trinajstić information content (AvgIpc) is 3.04. The molecule has 3 fully saturated rings. The minimum absolute atomic E-state index is 0.0978. The molecule has 0 aromatic carbocycles. The van der Waals surface area contributed by atoms with E-state index in [1.54, 1.807) is 5.57 Å². The maximum absolute atomic E-state index is 12.1. The van der Waals surface area contributed by atoms with E-state index in [1.165, 1.54) is 19.3 Å². The Balaban J connectivity index is 1.50. The first-order valence-electron chi connectivity index (χ1n) is 12.9. The fourth-order valence-corrected chi connectivity index (χ4v) is 8.90. The summed E-state index contributed by atoms with van der Waals surface area (Å²) in [5.41, 5.74) is 3.15. The van der Waals surface area contributed by atoms with Crippen LogP contribution in [0.1, 0.15) is 72.4 Å². The number of nitrogens with one attached hydrogen (secondary N) is 1. The van der Waals surface area contributed by atoms with Gasteiger partial charge in [-0.1, -0.05) is 52.3 Å². The zero-order valence-electron chi connectivity index (χ0n) is 20.5. The molecule has 0 spiro atoms. The van der Waals surface area contributed by atoms with E-state index in [1.807, 2.05) is 18.3 Å². The lowest BCUT2D eigenvalue weighted by molar-refractivity contribution is -0.125. The van der Waals surface area contributed by atoms with Crippen molar-refractivity contribution in [2.24, 2.45) is 46.3 Å². The van der Waals surface area contributed by atoms with Gasteiger partial charge in [0.05, 0.1) is 5.69 Å². The summed E-state index contributed by atoms with van der Waals surface area (Å²) in [6.45, 7) is 12.3. The van der Waals surface area contributed by atoms with Crippen LogP contribution in [0.3, 0.4) is 0 Å². The smallest absolute Gasteiger partial charge is 0.243 e. The Kier molecular flexibility index (Phi) is 5.38. The SMILES string of the molecule is CC/C(=C\c1ccccn1)[C@H]1C(C)C[C@H]2[C@@H]3C(C)C[C@H]4NC(=O)C=C[C@]4(C)[C@H]3CC[C@]12C. The van der Waals surface area contributed by atoms with E-state index in [-0.39, 0.29) is 11.3 Å². The third-order valence-electron chi connectivity index (χ3n) is 10.2. The zero-order valence-corrected chi connectivity index (χ0v) is 20.5. The first-order chi connectivity index (χ1) is 15.3. The van der Waals surface area contributed by atoms with Crippen molar-refractivity contribution in [1.29, 1.82) is 0 Å². The highest BCUT2D eigenvalue weighted by atomic mass is 16.1. The van der Waals surface area contributed by atoms with E-state index in [2.05, 4.69) is 69.2 Å². The van der Waals surface area contributed by atoms with Crippen LogP contribution in [-0.4, -0.2) is 16.9 Å². The molecule has 1 aromatic rings. The maximum Gasteiger partial charge on any atom is 0.243 e. The Bertz CT molecular complexity index is 936. The molecule has 1 aromatic heterocycles. The second-order valence-electron chi connectivity index (χ2n) is 11.8. The Morgan fingerprint density at radius 3 is 2.72 bits per heavy atom. The summed E-state index contributed by atoms with van der Waals surface area (Å²) in [5.74, 6) is 4.28. The van der Waals surface area contributed by atoms with Crippen LogP contribution in [-0.2, 0) is 4.79 Å². The van der Waals surface area contributed by atoms with E-state index in [0.29, 0.717) is 35.1 Å². The Labute approximate surface area is 194 Å². The second-order valence-corrected chi connectivity index (χ2v) is 11.8. The molecule has 3 nitrogen and oxygen atoms in total. The van der Waals surface area contributed by atoms with Crippen LogP contribution in [0.15, 0.2) is 42.1 Å². The molecule has 1 aliphatic heterocycles. The molecular weight excluding hydrogens is 392 g/mol. The van der Waals surface area contributed by atoms with Gasteiger partial charge >= 0.3 is 0 Å². The number of allylic oxidation sites excluding steroid dienone is 1. The predicted molar refractivity (Wildman–Crippen MR) is 131 cm³/mol. The number of hydrogen-bond acceptors (Lipinski definition) is 2. The summed E-state index contributed by atoms with van der Waals surface area (Å²) in [6.07, 6.45) is 14.5. The first kappa shape index (κ1) is 21.9. The summed E-state index contributed by atoms with van der Waals surface area (Å²) in [5, 5.41) is 3.32. The molecule has 2 unspecified atom stereocenters. The van der Waals surface area contributed by atoms with Crippen molar-refractivity contribution in [1.82, 2.24) is 10.3 Å². The summed E-state index contributed by atoms with van der Waals surface area (Å²) in [7, 11) is 0. The highest BCUT2D eigenvalue weighted by Gasteiger charge is 2.63. The molecule has 3 saturated carbocycles. The molecule has 4 aliphatic rings. The third kappa shape index (κ3) is 3.22. The number of carbonyl (C=O) groups excluding carboxylic acids is 1. The van der Waals surface area contributed by atoms with Crippen LogP contribution >= 0.6 is 0 Å². The molecule has 5 rings (SSSR count). The molecule has 3 aliphatic carbocycles. The second kappa shape index (κ2) is 7.85. The number of fused-ring (bicyclic) bond motifs is 5. The van der Waals surface area contributed by atoms with Crippen LogP contribution < -0.4 is 5.32 Å². The highest BCUT2D eigenvalue weighted by molar-refractivity contribution is 5.89. The largest absolute Gasteiger partial charge is 0.349 e. The van der Waals surface area contributed by atoms with Crippen molar-refractivity contribution >= 4 is 12.0 Å². The van der Waals surface area contributed by atoms with Gasteiger partial charge < -0.3 is 5.32 Å². The minimum Gasteiger partial charge on any atom is -0.349 e. The third-order valence-corrected chi connectivity index (χ3v) is 10.2. The molecule has 0 radical (unpaired) electrons. The molecule has 3 heteroatoms. The minimum atomic E-state index is 0.0978. The standard InChI is InChI=1S/C29H40N2O/c1-6-20(17-21-9-7-8-14-30-21)27-19(3)15-23-26-18(2)16-24-28(4,13-11-25(32)31-24)22(26)10-12-29(23,27)5/h7-9,11,13-14,17-19,22-24,26-27H,6,10,12,15-16H2,1-5H3,(H,31,32)/b20-17+/t18?,19?,22-,23-,24+,26+,27+,28+,29-/m0/s1. The van der Waals surface area contributed by atoms with Gasteiger partial charge in [0, 0.05) is 17.7 Å². The van der Waals surface area contributed by atoms with Gasteiger partial charge in [0.2, 0.25) is 5.91 Å². The predicted octanol–water partition coefficient (Wildman–Crippen LogP) is 6.28. The van der Waals surface area contributed by atoms with Gasteiger partial charge in [-0.3, -0.25) is 9.78 Å². The van der Waals surface area contributed by atoms with Gasteiger partial charge in [-0.2, -0.15) is 0 Å². The highest BCUT2D eigenvalue weighted by Crippen LogP contribution is 2.68. The van der Waals surface area contributed by atoms with E-state index >= 15 is 0 Å². The van der Waals surface area contributed by atoms with Gasteiger partial charge in [0.25, 0.3) is 0 Å². The van der Waals surface area contributed by atoms with E-state index in [4.69, 9.17) is 0 Å². The van der Waals surface area contributed by atoms with Crippen molar-refractivity contribution in [3.63, 3.8) is 0 Å².